The second-order valence-corrected chi connectivity index (χ2v) is 9.90. The van der Waals surface area contributed by atoms with Gasteiger partial charge in [-0.25, -0.2) is 9.69 Å². The highest BCUT2D eigenvalue weighted by molar-refractivity contribution is 6.39. The number of amides is 4. The summed E-state index contributed by atoms with van der Waals surface area (Å²) in [7, 11) is 0. The topological polar surface area (TPSA) is 71.4 Å². The molecule has 1 aromatic heterocycles. The molecule has 0 unspecified atom stereocenters. The van der Waals surface area contributed by atoms with Crippen LogP contribution >= 0.6 is 0 Å². The molecule has 0 aliphatic carbocycles. The van der Waals surface area contributed by atoms with Gasteiger partial charge in [-0.15, -0.1) is 0 Å². The molecule has 6 nitrogen and oxygen atoms in total. The maximum Gasteiger partial charge on any atom is 0.335 e. The Kier molecular flexibility index (Phi) is 6.24. The van der Waals surface area contributed by atoms with Gasteiger partial charge in [-0.2, -0.15) is 0 Å². The van der Waals surface area contributed by atoms with Crippen molar-refractivity contribution in [3.63, 3.8) is 0 Å². The number of imide groups is 2. The fraction of sp³-hybridized carbons (Fsp3) is 0.276. The van der Waals surface area contributed by atoms with E-state index in [2.05, 4.69) is 54.9 Å². The number of carbonyl (C=O) groups excluding carboxylic acids is 3. The van der Waals surface area contributed by atoms with Crippen molar-refractivity contribution in [3.8, 4) is 5.69 Å². The van der Waals surface area contributed by atoms with Crippen molar-refractivity contribution >= 4 is 29.6 Å². The fourth-order valence-corrected chi connectivity index (χ4v) is 4.50. The molecule has 1 aliphatic rings. The lowest BCUT2D eigenvalue weighted by atomic mass is 9.87. The van der Waals surface area contributed by atoms with Crippen LogP contribution < -0.4 is 10.2 Å². The normalized spacial score (nSPS) is 15.7. The Morgan fingerprint density at radius 3 is 2.23 bits per heavy atom. The van der Waals surface area contributed by atoms with Crippen LogP contribution in [0.3, 0.4) is 0 Å². The Labute approximate surface area is 206 Å². The van der Waals surface area contributed by atoms with Crippen molar-refractivity contribution in [2.24, 2.45) is 0 Å². The molecule has 0 atom stereocenters. The number of carbonyl (C=O) groups is 3. The second kappa shape index (κ2) is 9.02. The van der Waals surface area contributed by atoms with Gasteiger partial charge in [-0.3, -0.25) is 14.9 Å². The second-order valence-electron chi connectivity index (χ2n) is 9.90. The van der Waals surface area contributed by atoms with E-state index in [4.69, 9.17) is 0 Å². The molecule has 4 rings (SSSR count). The molecule has 0 spiro atoms. The van der Waals surface area contributed by atoms with E-state index in [1.807, 2.05) is 39.0 Å². The maximum atomic E-state index is 13.4. The standard InChI is InChI=1S/C29H31N3O3/c1-7-20-10-8-9-11-25(20)32-27(34)24(26(33)30-28(32)35)17-21-16-18(2)31(19(21)3)23-14-12-22(13-15-23)29(4,5)6/h8-17H,7H2,1-6H3,(H,30,33,35)/b24-17+. The van der Waals surface area contributed by atoms with Crippen LogP contribution in [0.4, 0.5) is 10.5 Å². The van der Waals surface area contributed by atoms with E-state index in [-0.39, 0.29) is 11.0 Å². The fourth-order valence-electron chi connectivity index (χ4n) is 4.50. The zero-order valence-corrected chi connectivity index (χ0v) is 21.1. The zero-order chi connectivity index (χ0) is 25.5. The van der Waals surface area contributed by atoms with Gasteiger partial charge in [0.2, 0.25) is 0 Å². The van der Waals surface area contributed by atoms with E-state index in [1.54, 1.807) is 18.2 Å². The highest BCUT2D eigenvalue weighted by Crippen LogP contribution is 2.29. The minimum Gasteiger partial charge on any atom is -0.318 e. The smallest absolute Gasteiger partial charge is 0.318 e. The van der Waals surface area contributed by atoms with Gasteiger partial charge in [0, 0.05) is 17.1 Å². The molecule has 35 heavy (non-hydrogen) atoms. The number of barbiturate groups is 1. The van der Waals surface area contributed by atoms with Crippen molar-refractivity contribution in [1.82, 2.24) is 9.88 Å². The first-order chi connectivity index (χ1) is 16.5. The van der Waals surface area contributed by atoms with Gasteiger partial charge in [-0.1, -0.05) is 58.0 Å². The third kappa shape index (κ3) is 4.44. The number of aryl methyl sites for hydroxylation is 2. The van der Waals surface area contributed by atoms with Crippen LogP contribution in [0.25, 0.3) is 11.8 Å². The first-order valence-electron chi connectivity index (χ1n) is 11.8. The van der Waals surface area contributed by atoms with Crippen LogP contribution in [-0.4, -0.2) is 22.4 Å². The largest absolute Gasteiger partial charge is 0.335 e. The summed E-state index contributed by atoms with van der Waals surface area (Å²) in [6.07, 6.45) is 2.23. The van der Waals surface area contributed by atoms with Gasteiger partial charge in [0.1, 0.15) is 5.57 Å². The molecule has 3 aromatic rings. The molecule has 6 heteroatoms. The van der Waals surface area contributed by atoms with Gasteiger partial charge >= 0.3 is 6.03 Å². The van der Waals surface area contributed by atoms with E-state index >= 15 is 0 Å². The van der Waals surface area contributed by atoms with Gasteiger partial charge in [0.25, 0.3) is 11.8 Å². The van der Waals surface area contributed by atoms with E-state index in [0.717, 1.165) is 33.1 Å². The van der Waals surface area contributed by atoms with Crippen LogP contribution in [0, 0.1) is 13.8 Å². The molecule has 1 aliphatic heterocycles. The number of rotatable bonds is 4. The molecule has 0 radical (unpaired) electrons. The van der Waals surface area contributed by atoms with Gasteiger partial charge < -0.3 is 4.57 Å². The molecular formula is C29H31N3O3. The number of hydrogen-bond acceptors (Lipinski definition) is 3. The van der Waals surface area contributed by atoms with Crippen LogP contribution in [0.2, 0.25) is 0 Å². The Bertz CT molecular complexity index is 1350. The number of para-hydroxylation sites is 1. The lowest BCUT2D eigenvalue weighted by Gasteiger charge is -2.28. The summed E-state index contributed by atoms with van der Waals surface area (Å²) < 4.78 is 2.10. The molecule has 1 fully saturated rings. The van der Waals surface area contributed by atoms with Crippen molar-refractivity contribution in [1.29, 1.82) is 0 Å². The minimum atomic E-state index is -0.734. The molecule has 2 aromatic carbocycles. The van der Waals surface area contributed by atoms with Gasteiger partial charge in [0.05, 0.1) is 5.69 Å². The van der Waals surface area contributed by atoms with Gasteiger partial charge in [-0.05, 0) is 72.7 Å². The van der Waals surface area contributed by atoms with Crippen molar-refractivity contribution < 1.29 is 14.4 Å². The minimum absolute atomic E-state index is 0.0588. The molecule has 1 saturated heterocycles. The highest BCUT2D eigenvalue weighted by Gasteiger charge is 2.37. The average molecular weight is 470 g/mol. The molecule has 4 amide bonds. The SMILES string of the molecule is CCc1ccccc1N1C(=O)NC(=O)/C(=C\c2cc(C)n(-c3ccc(C(C)(C)C)cc3)c2C)C1=O. The Morgan fingerprint density at radius 2 is 1.60 bits per heavy atom. The van der Waals surface area contributed by atoms with Crippen LogP contribution in [0.1, 0.15) is 55.8 Å². The summed E-state index contributed by atoms with van der Waals surface area (Å²) in [6.45, 7) is 12.4. The quantitative estimate of drug-likeness (QED) is 0.398. The third-order valence-corrected chi connectivity index (χ3v) is 6.48. The summed E-state index contributed by atoms with van der Waals surface area (Å²) in [5.41, 5.74) is 6.20. The average Bonchev–Trinajstić information content (AvgIpc) is 3.09. The number of aromatic nitrogens is 1. The lowest BCUT2D eigenvalue weighted by Crippen LogP contribution is -2.54. The number of nitrogens with zero attached hydrogens (tertiary/aromatic N) is 2. The molecular weight excluding hydrogens is 438 g/mol. The number of anilines is 1. The van der Waals surface area contributed by atoms with Crippen LogP contribution in [-0.2, 0) is 21.4 Å². The summed E-state index contributed by atoms with van der Waals surface area (Å²) in [4.78, 5) is 39.8. The van der Waals surface area contributed by atoms with E-state index in [0.29, 0.717) is 12.1 Å². The maximum absolute atomic E-state index is 13.4. The van der Waals surface area contributed by atoms with Gasteiger partial charge in [0.15, 0.2) is 0 Å². The Hall–Kier alpha value is -3.93. The van der Waals surface area contributed by atoms with Crippen LogP contribution in [0.15, 0.2) is 60.2 Å². The van der Waals surface area contributed by atoms with Crippen molar-refractivity contribution in [3.05, 3.63) is 88.2 Å². The lowest BCUT2D eigenvalue weighted by molar-refractivity contribution is -0.122. The predicted octanol–water partition coefficient (Wildman–Crippen LogP) is 5.62. The Morgan fingerprint density at radius 1 is 0.943 bits per heavy atom. The van der Waals surface area contributed by atoms with Crippen molar-refractivity contribution in [2.75, 3.05) is 4.90 Å². The zero-order valence-electron chi connectivity index (χ0n) is 21.1. The van der Waals surface area contributed by atoms with Crippen LogP contribution in [0.5, 0.6) is 0 Å². The highest BCUT2D eigenvalue weighted by atomic mass is 16.2. The predicted molar refractivity (Wildman–Crippen MR) is 139 cm³/mol. The Balaban J connectivity index is 1.74. The number of hydrogen-bond donors (Lipinski definition) is 1. The first-order valence-corrected chi connectivity index (χ1v) is 11.8. The third-order valence-electron chi connectivity index (χ3n) is 6.48. The van der Waals surface area contributed by atoms with Crippen molar-refractivity contribution in [2.45, 2.75) is 53.4 Å². The number of urea groups is 1. The monoisotopic (exact) mass is 469 g/mol. The summed E-state index contributed by atoms with van der Waals surface area (Å²) in [5, 5.41) is 2.32. The molecule has 180 valence electrons. The summed E-state index contributed by atoms with van der Waals surface area (Å²) in [5.74, 6) is -1.32. The molecule has 0 bridgehead atoms. The molecule has 0 saturated carbocycles. The molecule has 1 N–H and O–H groups in total. The van der Waals surface area contributed by atoms with E-state index in [1.165, 1.54) is 5.56 Å². The number of benzene rings is 2. The summed E-state index contributed by atoms with van der Waals surface area (Å²) in [6, 6.07) is 16.8. The molecule has 2 heterocycles. The summed E-state index contributed by atoms with van der Waals surface area (Å²) >= 11 is 0. The van der Waals surface area contributed by atoms with E-state index in [9.17, 15) is 14.4 Å². The van der Waals surface area contributed by atoms with E-state index < -0.39 is 17.8 Å². The number of nitrogens with one attached hydrogen (secondary N) is 1. The first kappa shape index (κ1) is 24.2.